The van der Waals surface area contributed by atoms with Gasteiger partial charge in [0.05, 0.1) is 5.92 Å². The Bertz CT molecular complexity index is 1660. The minimum absolute atomic E-state index is 0.0561. The van der Waals surface area contributed by atoms with Crippen molar-refractivity contribution in [3.63, 3.8) is 0 Å². The van der Waals surface area contributed by atoms with Gasteiger partial charge in [0.2, 0.25) is 0 Å². The summed E-state index contributed by atoms with van der Waals surface area (Å²) in [4.78, 5) is 0. The normalized spacial score (nSPS) is 24.2. The van der Waals surface area contributed by atoms with E-state index in [0.29, 0.717) is 0 Å². The lowest BCUT2D eigenvalue weighted by molar-refractivity contribution is 0.260. The van der Waals surface area contributed by atoms with Gasteiger partial charge < -0.3 is 9.47 Å². The van der Waals surface area contributed by atoms with Crippen molar-refractivity contribution in [1.29, 1.82) is 0 Å². The molecule has 3 unspecified atom stereocenters. The van der Waals surface area contributed by atoms with Gasteiger partial charge in [-0.2, -0.15) is 0 Å². The standard InChI is InChI=1S/C36H30O2/c1-21-3-7-23(8-4-21)25-11-13-29-33(19-25)37-31-17-15-28-27(35(29)31)16-18-32-36(28)30-14-12-26(20-34(30)38-32)24-9-5-22(2)6-10-24/h3-5,7-9,11-16,18-20,31-32,36H,6,10,17H2,1-2H3. The van der Waals surface area contributed by atoms with Crippen molar-refractivity contribution in [1.82, 2.24) is 0 Å². The predicted octanol–water partition coefficient (Wildman–Crippen LogP) is 8.74. The van der Waals surface area contributed by atoms with Gasteiger partial charge in [-0.05, 0) is 78.3 Å². The molecule has 3 atom stereocenters. The number of fused-ring (bicyclic) bond motifs is 8. The highest BCUT2D eigenvalue weighted by molar-refractivity contribution is 5.88. The maximum absolute atomic E-state index is 6.54. The Labute approximate surface area is 224 Å². The first-order valence-corrected chi connectivity index (χ1v) is 13.8. The number of allylic oxidation sites excluding steroid dienone is 6. The molecule has 2 heterocycles. The van der Waals surface area contributed by atoms with E-state index in [1.165, 1.54) is 61.2 Å². The summed E-state index contributed by atoms with van der Waals surface area (Å²) in [5.41, 5.74) is 14.4. The number of ether oxygens (including phenoxy) is 2. The molecule has 0 fully saturated rings. The highest BCUT2D eigenvalue weighted by Crippen LogP contribution is 2.54. The summed E-state index contributed by atoms with van der Waals surface area (Å²) in [6.45, 7) is 4.34. The third kappa shape index (κ3) is 3.33. The Kier molecular flexibility index (Phi) is 4.76. The maximum atomic E-state index is 6.54. The van der Waals surface area contributed by atoms with Crippen LogP contribution >= 0.6 is 0 Å². The third-order valence-corrected chi connectivity index (χ3v) is 8.86. The van der Waals surface area contributed by atoms with E-state index >= 15 is 0 Å². The van der Waals surface area contributed by atoms with E-state index in [0.717, 1.165) is 30.8 Å². The fourth-order valence-electron chi connectivity index (χ4n) is 6.77. The van der Waals surface area contributed by atoms with E-state index < -0.39 is 0 Å². The van der Waals surface area contributed by atoms with E-state index in [-0.39, 0.29) is 18.1 Å². The average molecular weight is 495 g/mol. The van der Waals surface area contributed by atoms with Crippen LogP contribution in [0.3, 0.4) is 0 Å². The maximum Gasteiger partial charge on any atom is 0.128 e. The molecule has 2 nitrogen and oxygen atoms in total. The molecule has 0 aromatic heterocycles. The average Bonchev–Trinajstić information content (AvgIpc) is 3.51. The number of aryl methyl sites for hydroxylation is 1. The van der Waals surface area contributed by atoms with Gasteiger partial charge in [0.25, 0.3) is 0 Å². The zero-order chi connectivity index (χ0) is 25.4. The number of benzene rings is 3. The number of hydrogen-bond acceptors (Lipinski definition) is 2. The second-order valence-corrected chi connectivity index (χ2v) is 11.3. The van der Waals surface area contributed by atoms with E-state index in [2.05, 4.69) is 105 Å². The molecule has 0 saturated carbocycles. The largest absolute Gasteiger partial charge is 0.485 e. The van der Waals surface area contributed by atoms with E-state index in [1.54, 1.807) is 0 Å². The third-order valence-electron chi connectivity index (χ3n) is 8.86. The molecule has 186 valence electrons. The van der Waals surface area contributed by atoms with E-state index in [9.17, 15) is 0 Å². The smallest absolute Gasteiger partial charge is 0.128 e. The van der Waals surface area contributed by atoms with Crippen LogP contribution in [0.5, 0.6) is 11.5 Å². The summed E-state index contributed by atoms with van der Waals surface area (Å²) in [5.74, 6) is 2.28. The van der Waals surface area contributed by atoms with Crippen LogP contribution in [0, 0.1) is 6.92 Å². The molecule has 0 N–H and O–H groups in total. The van der Waals surface area contributed by atoms with Crippen molar-refractivity contribution in [2.75, 3.05) is 0 Å². The lowest BCUT2D eigenvalue weighted by atomic mass is 9.73. The molecule has 3 aromatic rings. The Hall–Kier alpha value is -4.04. The molecule has 0 saturated heterocycles. The molecule has 0 bridgehead atoms. The Balaban J connectivity index is 1.16. The van der Waals surface area contributed by atoms with Crippen molar-refractivity contribution in [3.05, 3.63) is 130 Å². The molecule has 5 aliphatic rings. The van der Waals surface area contributed by atoms with Crippen LogP contribution in [-0.4, -0.2) is 12.2 Å². The van der Waals surface area contributed by atoms with Crippen LogP contribution < -0.4 is 9.47 Å². The topological polar surface area (TPSA) is 18.5 Å². The second kappa shape index (κ2) is 8.23. The SMILES string of the molecule is CC1=CC=C(c2ccc3c(c2)OC2C=CC4=C5c6ccc(-c7ccc(C)cc7)cc6OC5CC=C4C32)CC1. The van der Waals surface area contributed by atoms with Crippen molar-refractivity contribution < 1.29 is 9.47 Å². The van der Waals surface area contributed by atoms with E-state index in [4.69, 9.17) is 9.47 Å². The first kappa shape index (κ1) is 22.0. The molecule has 2 heteroatoms. The van der Waals surface area contributed by atoms with Crippen LogP contribution in [0.25, 0.3) is 22.3 Å². The summed E-state index contributed by atoms with van der Waals surface area (Å²) >= 11 is 0. The summed E-state index contributed by atoms with van der Waals surface area (Å²) in [7, 11) is 0. The number of hydrogen-bond donors (Lipinski definition) is 0. The Morgan fingerprint density at radius 2 is 1.58 bits per heavy atom. The Morgan fingerprint density at radius 3 is 2.42 bits per heavy atom. The monoisotopic (exact) mass is 494 g/mol. The zero-order valence-corrected chi connectivity index (χ0v) is 21.8. The van der Waals surface area contributed by atoms with Gasteiger partial charge in [0, 0.05) is 23.1 Å². The van der Waals surface area contributed by atoms with Crippen LogP contribution in [0.2, 0.25) is 0 Å². The lowest BCUT2D eigenvalue weighted by Crippen LogP contribution is -2.26. The van der Waals surface area contributed by atoms with Crippen molar-refractivity contribution in [2.45, 2.75) is 51.2 Å². The summed E-state index contributed by atoms with van der Waals surface area (Å²) in [6, 6.07) is 22.3. The van der Waals surface area contributed by atoms with Gasteiger partial charge in [0.15, 0.2) is 0 Å². The fourth-order valence-corrected chi connectivity index (χ4v) is 6.77. The minimum Gasteiger partial charge on any atom is -0.485 e. The van der Waals surface area contributed by atoms with Crippen molar-refractivity contribution in [2.24, 2.45) is 0 Å². The fraction of sp³-hybridized carbons (Fsp3) is 0.222. The molecule has 8 rings (SSSR count). The van der Waals surface area contributed by atoms with Crippen LogP contribution in [0.4, 0.5) is 0 Å². The van der Waals surface area contributed by atoms with Gasteiger partial charge in [-0.25, -0.2) is 0 Å². The highest BCUT2D eigenvalue weighted by atomic mass is 16.5. The first-order valence-electron chi connectivity index (χ1n) is 13.8. The summed E-state index contributed by atoms with van der Waals surface area (Å²) < 4.78 is 13.1. The second-order valence-electron chi connectivity index (χ2n) is 11.3. The van der Waals surface area contributed by atoms with Gasteiger partial charge >= 0.3 is 0 Å². The van der Waals surface area contributed by atoms with Gasteiger partial charge in [-0.1, -0.05) is 84.0 Å². The quantitative estimate of drug-likeness (QED) is 0.355. The van der Waals surface area contributed by atoms with Crippen molar-refractivity contribution >= 4 is 11.1 Å². The summed E-state index contributed by atoms with van der Waals surface area (Å²) in [5, 5.41) is 0. The van der Waals surface area contributed by atoms with E-state index in [1.807, 2.05) is 0 Å². The Morgan fingerprint density at radius 1 is 0.763 bits per heavy atom. The van der Waals surface area contributed by atoms with Crippen LogP contribution in [0.1, 0.15) is 54.4 Å². The van der Waals surface area contributed by atoms with Gasteiger partial charge in [-0.15, -0.1) is 0 Å². The molecule has 0 spiro atoms. The molecule has 2 aliphatic heterocycles. The minimum atomic E-state index is 0.0561. The van der Waals surface area contributed by atoms with Crippen LogP contribution in [0.15, 0.2) is 108 Å². The summed E-state index contributed by atoms with van der Waals surface area (Å²) in [6.07, 6.45) is 14.7. The molecule has 0 amide bonds. The van der Waals surface area contributed by atoms with Crippen molar-refractivity contribution in [3.8, 4) is 22.6 Å². The van der Waals surface area contributed by atoms with Gasteiger partial charge in [-0.3, -0.25) is 0 Å². The molecule has 3 aliphatic carbocycles. The van der Waals surface area contributed by atoms with Gasteiger partial charge in [0.1, 0.15) is 23.7 Å². The first-order chi connectivity index (χ1) is 18.6. The molecule has 38 heavy (non-hydrogen) atoms. The molecular weight excluding hydrogens is 464 g/mol. The lowest BCUT2D eigenvalue weighted by Gasteiger charge is -2.30. The molecular formula is C36H30O2. The molecule has 3 aromatic carbocycles. The predicted molar refractivity (Wildman–Crippen MR) is 154 cm³/mol. The highest BCUT2D eigenvalue weighted by Gasteiger charge is 2.43. The zero-order valence-electron chi connectivity index (χ0n) is 21.8. The number of rotatable bonds is 2. The molecule has 0 radical (unpaired) electrons. The van der Waals surface area contributed by atoms with Crippen LogP contribution in [-0.2, 0) is 0 Å².